The molecule has 0 radical (unpaired) electrons. The van der Waals surface area contributed by atoms with Crippen molar-refractivity contribution in [3.05, 3.63) is 30.1 Å². The number of carbonyl (C=O) groups is 1. The number of benzene rings is 1. The van der Waals surface area contributed by atoms with Crippen molar-refractivity contribution < 1.29 is 9.53 Å². The van der Waals surface area contributed by atoms with Gasteiger partial charge in [0.15, 0.2) is 0 Å². The lowest BCUT2D eigenvalue weighted by atomic mass is 9.92. The van der Waals surface area contributed by atoms with Crippen molar-refractivity contribution in [1.82, 2.24) is 9.78 Å². The van der Waals surface area contributed by atoms with Gasteiger partial charge in [-0.15, -0.1) is 0 Å². The third-order valence-corrected chi connectivity index (χ3v) is 6.08. The number of carbonyl (C=O) groups excluding carboxylic acids is 1. The van der Waals surface area contributed by atoms with Gasteiger partial charge in [0.25, 0.3) is 0 Å². The second-order valence-electron chi connectivity index (χ2n) is 8.41. The lowest BCUT2D eigenvalue weighted by molar-refractivity contribution is -0.117. The zero-order chi connectivity index (χ0) is 18.5. The maximum Gasteiger partial charge on any atom is 0.224 e. The molecule has 2 saturated carbocycles. The van der Waals surface area contributed by atoms with Crippen molar-refractivity contribution in [3.8, 4) is 16.9 Å². The van der Waals surface area contributed by atoms with Crippen molar-refractivity contribution in [1.29, 1.82) is 0 Å². The molecule has 5 nitrogen and oxygen atoms in total. The van der Waals surface area contributed by atoms with E-state index in [4.69, 9.17) is 4.74 Å². The Morgan fingerprint density at radius 2 is 2.04 bits per heavy atom. The minimum absolute atomic E-state index is 0.103. The van der Waals surface area contributed by atoms with Crippen LogP contribution in [0.4, 0.5) is 5.69 Å². The molecule has 2 aromatic rings. The first-order valence-corrected chi connectivity index (χ1v) is 10.2. The summed E-state index contributed by atoms with van der Waals surface area (Å²) in [6, 6.07) is 5.01. The fourth-order valence-corrected chi connectivity index (χ4v) is 4.18. The molecule has 27 heavy (non-hydrogen) atoms. The van der Waals surface area contributed by atoms with Crippen LogP contribution in [-0.2, 0) is 11.2 Å². The number of fused-ring (bicyclic) bond motifs is 1. The highest BCUT2D eigenvalue weighted by Crippen LogP contribution is 2.44. The summed E-state index contributed by atoms with van der Waals surface area (Å²) in [6.45, 7) is 4.56. The monoisotopic (exact) mass is 365 g/mol. The fourth-order valence-electron chi connectivity index (χ4n) is 4.18. The zero-order valence-electron chi connectivity index (χ0n) is 16.1. The van der Waals surface area contributed by atoms with Gasteiger partial charge in [0.2, 0.25) is 5.91 Å². The van der Waals surface area contributed by atoms with E-state index in [0.717, 1.165) is 42.0 Å². The summed E-state index contributed by atoms with van der Waals surface area (Å²) < 4.78 is 8.47. The van der Waals surface area contributed by atoms with Crippen LogP contribution in [0.3, 0.4) is 0 Å². The zero-order valence-corrected chi connectivity index (χ0v) is 16.1. The third-order valence-electron chi connectivity index (χ3n) is 6.08. The summed E-state index contributed by atoms with van der Waals surface area (Å²) in [6.07, 6.45) is 11.0. The predicted molar refractivity (Wildman–Crippen MR) is 105 cm³/mol. The molecule has 0 bridgehead atoms. The van der Waals surface area contributed by atoms with E-state index in [2.05, 4.69) is 35.0 Å². The molecule has 3 aliphatic rings. The van der Waals surface area contributed by atoms with E-state index < -0.39 is 0 Å². The van der Waals surface area contributed by atoms with Gasteiger partial charge >= 0.3 is 0 Å². The SMILES string of the molecule is CC(=O)N1c2ccc(-c3cnn(C4CC4)c3)c(OCC3CC3)c2CCC1C. The Hall–Kier alpha value is -2.30. The molecule has 1 aromatic carbocycles. The summed E-state index contributed by atoms with van der Waals surface area (Å²) in [5.74, 6) is 1.76. The number of amides is 1. The van der Waals surface area contributed by atoms with Crippen LogP contribution in [0, 0.1) is 5.92 Å². The fraction of sp³-hybridized carbons (Fsp3) is 0.545. The van der Waals surface area contributed by atoms with E-state index in [-0.39, 0.29) is 11.9 Å². The van der Waals surface area contributed by atoms with Crippen LogP contribution in [0.1, 0.15) is 57.6 Å². The van der Waals surface area contributed by atoms with E-state index in [1.54, 1.807) is 6.92 Å². The standard InChI is InChI=1S/C22H27N3O2/c1-14-3-8-20-21(25(14)15(2)26)10-9-19(22(20)27-13-16-4-5-16)17-11-23-24(12-17)18-6-7-18/h9-12,14,16,18H,3-8,13H2,1-2H3. The van der Waals surface area contributed by atoms with E-state index >= 15 is 0 Å². The first-order chi connectivity index (χ1) is 13.1. The van der Waals surface area contributed by atoms with Crippen LogP contribution in [0.25, 0.3) is 11.1 Å². The number of nitrogens with zero attached hydrogens (tertiary/aromatic N) is 3. The molecule has 0 saturated heterocycles. The number of aromatic nitrogens is 2. The van der Waals surface area contributed by atoms with Gasteiger partial charge in [-0.05, 0) is 63.5 Å². The van der Waals surface area contributed by atoms with E-state index in [1.165, 1.54) is 31.2 Å². The molecule has 0 N–H and O–H groups in total. The Bertz CT molecular complexity index is 880. The molecule has 1 atom stereocenters. The smallest absolute Gasteiger partial charge is 0.224 e. The molecule has 5 heteroatoms. The highest BCUT2D eigenvalue weighted by molar-refractivity contribution is 5.95. The average Bonchev–Trinajstić information content (AvgIpc) is 3.58. The molecular formula is C22H27N3O2. The van der Waals surface area contributed by atoms with Crippen molar-refractivity contribution in [2.75, 3.05) is 11.5 Å². The maximum absolute atomic E-state index is 12.3. The molecule has 1 amide bonds. The van der Waals surface area contributed by atoms with Gasteiger partial charge < -0.3 is 9.64 Å². The number of anilines is 1. The summed E-state index contributed by atoms with van der Waals surface area (Å²) in [5, 5.41) is 4.57. The van der Waals surface area contributed by atoms with Crippen LogP contribution in [0.2, 0.25) is 0 Å². The molecule has 1 aromatic heterocycles. The first kappa shape index (κ1) is 16.8. The normalized spacial score (nSPS) is 21.9. The average molecular weight is 365 g/mol. The second-order valence-corrected chi connectivity index (χ2v) is 8.41. The van der Waals surface area contributed by atoms with Crippen LogP contribution in [0.15, 0.2) is 24.5 Å². The summed E-state index contributed by atoms with van der Waals surface area (Å²) in [5.41, 5.74) is 4.42. The van der Waals surface area contributed by atoms with Gasteiger partial charge in [-0.3, -0.25) is 9.48 Å². The quantitative estimate of drug-likeness (QED) is 0.791. The minimum Gasteiger partial charge on any atom is -0.492 e. The van der Waals surface area contributed by atoms with Gasteiger partial charge in [-0.25, -0.2) is 0 Å². The van der Waals surface area contributed by atoms with E-state index in [9.17, 15) is 4.79 Å². The molecule has 1 unspecified atom stereocenters. The summed E-state index contributed by atoms with van der Waals surface area (Å²) in [4.78, 5) is 14.2. The Balaban J connectivity index is 1.58. The van der Waals surface area contributed by atoms with Crippen LogP contribution in [-0.4, -0.2) is 28.3 Å². The van der Waals surface area contributed by atoms with Gasteiger partial charge in [0, 0.05) is 35.9 Å². The Morgan fingerprint density at radius 3 is 2.74 bits per heavy atom. The van der Waals surface area contributed by atoms with Crippen LogP contribution >= 0.6 is 0 Å². The van der Waals surface area contributed by atoms with Crippen molar-refractivity contribution in [3.63, 3.8) is 0 Å². The van der Waals surface area contributed by atoms with Crippen molar-refractivity contribution in [2.24, 2.45) is 5.92 Å². The lowest BCUT2D eigenvalue weighted by Gasteiger charge is -2.36. The summed E-state index contributed by atoms with van der Waals surface area (Å²) >= 11 is 0. The molecule has 2 fully saturated rings. The van der Waals surface area contributed by atoms with E-state index in [1.807, 2.05) is 11.1 Å². The van der Waals surface area contributed by atoms with Crippen molar-refractivity contribution in [2.45, 2.75) is 64.5 Å². The minimum atomic E-state index is 0.103. The Morgan fingerprint density at radius 1 is 1.22 bits per heavy atom. The van der Waals surface area contributed by atoms with Crippen LogP contribution in [0.5, 0.6) is 5.75 Å². The third kappa shape index (κ3) is 3.13. The second kappa shape index (κ2) is 6.39. The highest BCUT2D eigenvalue weighted by atomic mass is 16.5. The molecule has 1 aliphatic heterocycles. The van der Waals surface area contributed by atoms with Gasteiger partial charge in [-0.2, -0.15) is 5.10 Å². The van der Waals surface area contributed by atoms with Gasteiger partial charge in [0.05, 0.1) is 24.5 Å². The largest absolute Gasteiger partial charge is 0.492 e. The van der Waals surface area contributed by atoms with Crippen LogP contribution < -0.4 is 9.64 Å². The highest BCUT2D eigenvalue weighted by Gasteiger charge is 2.31. The Kier molecular flexibility index (Phi) is 3.99. The molecule has 5 rings (SSSR count). The first-order valence-electron chi connectivity index (χ1n) is 10.2. The lowest BCUT2D eigenvalue weighted by Crippen LogP contribution is -2.40. The molecule has 2 heterocycles. The molecule has 2 aliphatic carbocycles. The van der Waals surface area contributed by atoms with Gasteiger partial charge in [0.1, 0.15) is 5.75 Å². The molecular weight excluding hydrogens is 338 g/mol. The maximum atomic E-state index is 12.3. The number of ether oxygens (including phenoxy) is 1. The van der Waals surface area contributed by atoms with Gasteiger partial charge in [-0.1, -0.05) is 0 Å². The van der Waals surface area contributed by atoms with Crippen molar-refractivity contribution >= 4 is 11.6 Å². The Labute approximate surface area is 160 Å². The molecule has 142 valence electrons. The number of hydrogen-bond donors (Lipinski definition) is 0. The predicted octanol–water partition coefficient (Wildman–Crippen LogP) is 4.36. The number of hydrogen-bond acceptors (Lipinski definition) is 3. The van der Waals surface area contributed by atoms with E-state index in [0.29, 0.717) is 12.0 Å². The summed E-state index contributed by atoms with van der Waals surface area (Å²) in [7, 11) is 0. The number of rotatable bonds is 5. The molecule has 0 spiro atoms. The topological polar surface area (TPSA) is 47.4 Å².